The Labute approximate surface area is 246 Å². The van der Waals surface area contributed by atoms with Crippen LogP contribution in [0.1, 0.15) is 33.8 Å². The van der Waals surface area contributed by atoms with Gasteiger partial charge in [-0.15, -0.1) is 0 Å². The smallest absolute Gasteiger partial charge is 0.291 e. The van der Waals surface area contributed by atoms with Crippen molar-refractivity contribution in [2.75, 3.05) is 51.7 Å². The first-order valence-corrected chi connectivity index (χ1v) is 14.0. The molecule has 3 aromatic rings. The van der Waals surface area contributed by atoms with Gasteiger partial charge >= 0.3 is 0 Å². The normalized spacial score (nSPS) is 15.9. The molecule has 0 saturated carbocycles. The fourth-order valence-electron chi connectivity index (χ4n) is 5.33. The van der Waals surface area contributed by atoms with Crippen LogP contribution >= 0.6 is 11.6 Å². The number of piperidine rings is 1. The highest BCUT2D eigenvalue weighted by Crippen LogP contribution is 2.29. The number of hydrogen-bond acceptors (Lipinski definition) is 6. The van der Waals surface area contributed by atoms with E-state index in [9.17, 15) is 23.2 Å². The molecule has 3 amide bonds. The quantitative estimate of drug-likeness (QED) is 0.448. The maximum atomic E-state index is 14.0. The Bertz CT molecular complexity index is 1520. The van der Waals surface area contributed by atoms with Crippen molar-refractivity contribution >= 4 is 35.0 Å². The summed E-state index contributed by atoms with van der Waals surface area (Å²) in [7, 11) is 2.80. The van der Waals surface area contributed by atoms with Crippen LogP contribution in [0.5, 0.6) is 5.75 Å². The molecule has 0 atom stereocenters. The Balaban J connectivity index is 1.22. The lowest BCUT2D eigenvalue weighted by Crippen LogP contribution is -2.52. The van der Waals surface area contributed by atoms with E-state index in [2.05, 4.69) is 15.6 Å². The molecule has 2 saturated heterocycles. The van der Waals surface area contributed by atoms with E-state index >= 15 is 0 Å². The number of carbonyl (C=O) groups is 3. The Morgan fingerprint density at radius 2 is 1.74 bits per heavy atom. The number of rotatable bonds is 6. The summed E-state index contributed by atoms with van der Waals surface area (Å²) in [5, 5.41) is 6.14. The number of nitrogens with one attached hydrogen (secondary N) is 2. The molecule has 1 aromatic heterocycles. The first-order chi connectivity index (χ1) is 20.2. The maximum Gasteiger partial charge on any atom is 0.291 e. The minimum Gasteiger partial charge on any atom is -0.494 e. The number of hydrogen-bond donors (Lipinski definition) is 2. The fraction of sp³-hybridized carbons (Fsp3) is 0.379. The summed E-state index contributed by atoms with van der Waals surface area (Å²) in [5.74, 6) is -3.07. The lowest BCUT2D eigenvalue weighted by Gasteiger charge is -2.37. The second-order valence-corrected chi connectivity index (χ2v) is 10.7. The largest absolute Gasteiger partial charge is 0.494 e. The number of ether oxygens (including phenoxy) is 1. The van der Waals surface area contributed by atoms with Crippen LogP contribution < -0.4 is 15.4 Å². The molecular weight excluding hydrogens is 570 g/mol. The van der Waals surface area contributed by atoms with Gasteiger partial charge in [-0.25, -0.2) is 9.37 Å². The van der Waals surface area contributed by atoms with Gasteiger partial charge in [0.25, 0.3) is 11.8 Å². The second kappa shape index (κ2) is 12.5. The number of benzene rings is 2. The number of amides is 3. The Kier molecular flexibility index (Phi) is 8.74. The molecule has 42 heavy (non-hydrogen) atoms. The van der Waals surface area contributed by atoms with Crippen LogP contribution in [0.25, 0.3) is 11.3 Å². The Hall–Kier alpha value is -4.03. The van der Waals surface area contributed by atoms with Crippen LogP contribution in [0.3, 0.4) is 0 Å². The number of halogens is 3. The number of piperazine rings is 1. The topological polar surface area (TPSA) is 109 Å². The zero-order chi connectivity index (χ0) is 30.0. The molecule has 2 N–H and O–H groups in total. The van der Waals surface area contributed by atoms with Gasteiger partial charge in [-0.3, -0.25) is 14.4 Å². The molecule has 5 rings (SSSR count). The molecule has 0 spiro atoms. The van der Waals surface area contributed by atoms with E-state index in [0.29, 0.717) is 43.1 Å². The van der Waals surface area contributed by atoms with Gasteiger partial charge in [0.2, 0.25) is 11.7 Å². The summed E-state index contributed by atoms with van der Waals surface area (Å²) in [4.78, 5) is 46.7. The lowest BCUT2D eigenvalue weighted by molar-refractivity contribution is -0.137. The summed E-state index contributed by atoms with van der Waals surface area (Å²) in [6, 6.07) is 6.91. The van der Waals surface area contributed by atoms with Crippen LogP contribution in [0.4, 0.5) is 14.5 Å². The van der Waals surface area contributed by atoms with E-state index in [0.717, 1.165) is 32.0 Å². The van der Waals surface area contributed by atoms with Crippen LogP contribution in [0.15, 0.2) is 36.5 Å². The van der Waals surface area contributed by atoms with Gasteiger partial charge in [0.15, 0.2) is 17.4 Å². The predicted molar refractivity (Wildman–Crippen MR) is 153 cm³/mol. The first kappa shape index (κ1) is 29.5. The van der Waals surface area contributed by atoms with Gasteiger partial charge in [0, 0.05) is 50.4 Å². The third-order valence-electron chi connectivity index (χ3n) is 7.73. The van der Waals surface area contributed by atoms with Crippen LogP contribution in [0.2, 0.25) is 5.02 Å². The number of aromatic nitrogens is 2. The zero-order valence-corrected chi connectivity index (χ0v) is 24.0. The van der Waals surface area contributed by atoms with Crippen LogP contribution in [-0.4, -0.2) is 83.5 Å². The molecule has 13 heteroatoms. The van der Waals surface area contributed by atoms with Gasteiger partial charge in [0.1, 0.15) is 0 Å². The summed E-state index contributed by atoms with van der Waals surface area (Å²) >= 11 is 6.46. The summed E-state index contributed by atoms with van der Waals surface area (Å²) in [5.41, 5.74) is 1.29. The summed E-state index contributed by atoms with van der Waals surface area (Å²) in [6.45, 7) is 3.47. The summed E-state index contributed by atoms with van der Waals surface area (Å²) < 4.78 is 34.2. The van der Waals surface area contributed by atoms with Crippen molar-refractivity contribution in [2.24, 2.45) is 13.0 Å². The molecule has 222 valence electrons. The third-order valence-corrected chi connectivity index (χ3v) is 8.04. The molecule has 2 fully saturated rings. The molecule has 0 radical (unpaired) electrons. The van der Waals surface area contributed by atoms with Gasteiger partial charge in [-0.05, 0) is 56.3 Å². The van der Waals surface area contributed by atoms with Gasteiger partial charge < -0.3 is 29.7 Å². The van der Waals surface area contributed by atoms with Crippen molar-refractivity contribution in [1.82, 2.24) is 24.7 Å². The van der Waals surface area contributed by atoms with E-state index in [1.807, 2.05) is 4.90 Å². The average molecular weight is 601 g/mol. The maximum absolute atomic E-state index is 14.0. The molecule has 2 aromatic carbocycles. The van der Waals surface area contributed by atoms with Crippen molar-refractivity contribution in [3.8, 4) is 17.0 Å². The van der Waals surface area contributed by atoms with Crippen molar-refractivity contribution in [2.45, 2.75) is 12.8 Å². The van der Waals surface area contributed by atoms with Crippen molar-refractivity contribution in [3.05, 3.63) is 64.6 Å². The summed E-state index contributed by atoms with van der Waals surface area (Å²) in [6.07, 6.45) is 3.04. The van der Waals surface area contributed by atoms with Gasteiger partial charge in [0.05, 0.1) is 29.6 Å². The fourth-order valence-corrected chi connectivity index (χ4v) is 5.59. The number of imidazole rings is 1. The molecule has 0 bridgehead atoms. The minimum absolute atomic E-state index is 0.0156. The predicted octanol–water partition coefficient (Wildman–Crippen LogP) is 3.56. The second-order valence-electron chi connectivity index (χ2n) is 10.3. The van der Waals surface area contributed by atoms with Gasteiger partial charge in [-0.1, -0.05) is 11.6 Å². The van der Waals surface area contributed by atoms with E-state index in [1.54, 1.807) is 24.1 Å². The van der Waals surface area contributed by atoms with E-state index < -0.39 is 17.5 Å². The van der Waals surface area contributed by atoms with Crippen molar-refractivity contribution < 1.29 is 27.9 Å². The Morgan fingerprint density at radius 1 is 1.05 bits per heavy atom. The highest BCUT2D eigenvalue weighted by Gasteiger charge is 2.30. The molecule has 0 unspecified atom stereocenters. The molecule has 10 nitrogen and oxygen atoms in total. The first-order valence-electron chi connectivity index (χ1n) is 13.6. The monoisotopic (exact) mass is 600 g/mol. The zero-order valence-electron chi connectivity index (χ0n) is 23.3. The van der Waals surface area contributed by atoms with E-state index in [1.165, 1.54) is 30.0 Å². The van der Waals surface area contributed by atoms with Crippen LogP contribution in [0, 0.1) is 17.6 Å². The van der Waals surface area contributed by atoms with Crippen molar-refractivity contribution in [1.29, 1.82) is 0 Å². The molecular formula is C29H31ClF2N6O4. The standard InChI is InChI=1S/C29H31ClF2N6O4/c1-36-23(18-13-22(31)25(32)24(14-18)42-2)16-34-26(36)27(39)35-19-3-4-20(21(30)15-19)29(41)38-11-9-37(10-12-38)28(40)17-5-7-33-8-6-17/h3-4,13-17,33H,5-12H2,1-2H3,(H,35,39). The van der Waals surface area contributed by atoms with E-state index in [-0.39, 0.29) is 39.9 Å². The minimum atomic E-state index is -1.11. The third kappa shape index (κ3) is 5.95. The highest BCUT2D eigenvalue weighted by atomic mass is 35.5. The lowest BCUT2D eigenvalue weighted by atomic mass is 9.96. The van der Waals surface area contributed by atoms with Crippen LogP contribution in [-0.2, 0) is 11.8 Å². The van der Waals surface area contributed by atoms with Crippen molar-refractivity contribution in [3.63, 3.8) is 0 Å². The number of anilines is 1. The van der Waals surface area contributed by atoms with E-state index in [4.69, 9.17) is 16.3 Å². The molecule has 0 aliphatic carbocycles. The Morgan fingerprint density at radius 3 is 2.40 bits per heavy atom. The molecule has 2 aliphatic heterocycles. The number of nitrogens with zero attached hydrogens (tertiary/aromatic N) is 4. The molecule has 2 aliphatic rings. The number of methoxy groups -OCH3 is 1. The molecule has 3 heterocycles. The number of carbonyl (C=O) groups excluding carboxylic acids is 3. The highest BCUT2D eigenvalue weighted by molar-refractivity contribution is 6.34. The average Bonchev–Trinajstić information content (AvgIpc) is 3.39. The SMILES string of the molecule is COc1cc(-c2cnc(C(=O)Nc3ccc(C(=O)N4CCN(C(=O)C5CCNCC5)CC4)c(Cl)c3)n2C)cc(F)c1F. The van der Waals surface area contributed by atoms with Gasteiger partial charge in [-0.2, -0.15) is 4.39 Å².